The molecule has 1 heterocycles. The molecular weight excluding hydrogens is 330 g/mol. The SMILES string of the molecule is COc1ccccc1C1CNCCN1C(=O)c1ccc(NC(C)=O)cc1. The number of methoxy groups -OCH3 is 1. The molecule has 0 aromatic heterocycles. The molecule has 136 valence electrons. The smallest absolute Gasteiger partial charge is 0.254 e. The first kappa shape index (κ1) is 17.9. The number of para-hydroxylation sites is 1. The van der Waals surface area contributed by atoms with Crippen molar-refractivity contribution in [3.8, 4) is 5.75 Å². The van der Waals surface area contributed by atoms with E-state index in [0.717, 1.165) is 17.9 Å². The van der Waals surface area contributed by atoms with Crippen LogP contribution in [0.25, 0.3) is 0 Å². The lowest BCUT2D eigenvalue weighted by Crippen LogP contribution is -2.48. The van der Waals surface area contributed by atoms with Crippen molar-refractivity contribution in [2.75, 3.05) is 32.1 Å². The van der Waals surface area contributed by atoms with Crippen LogP contribution in [0.2, 0.25) is 0 Å². The number of hydrogen-bond donors (Lipinski definition) is 2. The van der Waals surface area contributed by atoms with E-state index in [9.17, 15) is 9.59 Å². The Labute approximate surface area is 153 Å². The number of nitrogens with one attached hydrogen (secondary N) is 2. The number of rotatable bonds is 4. The molecule has 6 heteroatoms. The third kappa shape index (κ3) is 3.86. The fraction of sp³-hybridized carbons (Fsp3) is 0.300. The minimum absolute atomic E-state index is 0.0308. The predicted octanol–water partition coefficient (Wildman–Crippen LogP) is 2.44. The summed E-state index contributed by atoms with van der Waals surface area (Å²) >= 11 is 0. The van der Waals surface area contributed by atoms with Gasteiger partial charge in [-0.15, -0.1) is 0 Å². The van der Waals surface area contributed by atoms with Gasteiger partial charge in [0.25, 0.3) is 5.91 Å². The fourth-order valence-corrected chi connectivity index (χ4v) is 3.23. The summed E-state index contributed by atoms with van der Waals surface area (Å²) in [6.45, 7) is 3.50. The largest absolute Gasteiger partial charge is 0.496 e. The number of carbonyl (C=O) groups is 2. The zero-order chi connectivity index (χ0) is 18.5. The maximum Gasteiger partial charge on any atom is 0.254 e. The highest BCUT2D eigenvalue weighted by atomic mass is 16.5. The van der Waals surface area contributed by atoms with Gasteiger partial charge < -0.3 is 20.3 Å². The molecule has 2 N–H and O–H groups in total. The topological polar surface area (TPSA) is 70.7 Å². The molecule has 0 radical (unpaired) electrons. The molecule has 0 spiro atoms. The second-order valence-corrected chi connectivity index (χ2v) is 6.22. The second-order valence-electron chi connectivity index (χ2n) is 6.22. The molecule has 0 saturated carbocycles. The average Bonchev–Trinajstić information content (AvgIpc) is 2.67. The normalized spacial score (nSPS) is 16.8. The van der Waals surface area contributed by atoms with E-state index in [1.54, 1.807) is 31.4 Å². The Bertz CT molecular complexity index is 789. The molecule has 3 rings (SSSR count). The molecule has 0 bridgehead atoms. The number of amides is 2. The van der Waals surface area contributed by atoms with Crippen molar-refractivity contribution in [3.63, 3.8) is 0 Å². The quantitative estimate of drug-likeness (QED) is 0.886. The molecule has 1 fully saturated rings. The first-order chi connectivity index (χ1) is 12.6. The van der Waals surface area contributed by atoms with E-state index in [0.29, 0.717) is 24.3 Å². The van der Waals surface area contributed by atoms with E-state index < -0.39 is 0 Å². The molecule has 6 nitrogen and oxygen atoms in total. The minimum atomic E-state index is -0.137. The van der Waals surface area contributed by atoms with E-state index in [-0.39, 0.29) is 17.9 Å². The standard InChI is InChI=1S/C20H23N3O3/c1-14(24)22-16-9-7-15(8-10-16)20(25)23-12-11-21-13-18(23)17-5-3-4-6-19(17)26-2/h3-10,18,21H,11-13H2,1-2H3,(H,22,24). The lowest BCUT2D eigenvalue weighted by Gasteiger charge is -2.37. The van der Waals surface area contributed by atoms with Crippen LogP contribution >= 0.6 is 0 Å². The van der Waals surface area contributed by atoms with Crippen molar-refractivity contribution in [3.05, 3.63) is 59.7 Å². The van der Waals surface area contributed by atoms with Gasteiger partial charge in [-0.2, -0.15) is 0 Å². The van der Waals surface area contributed by atoms with Crippen LogP contribution in [0.3, 0.4) is 0 Å². The number of hydrogen-bond acceptors (Lipinski definition) is 4. The molecule has 2 aromatic rings. The van der Waals surface area contributed by atoms with Gasteiger partial charge in [0.05, 0.1) is 13.2 Å². The van der Waals surface area contributed by atoms with Crippen molar-refractivity contribution in [1.82, 2.24) is 10.2 Å². The van der Waals surface area contributed by atoms with Gasteiger partial charge >= 0.3 is 0 Å². The molecule has 2 aromatic carbocycles. The maximum absolute atomic E-state index is 13.1. The highest BCUT2D eigenvalue weighted by molar-refractivity contribution is 5.96. The molecule has 26 heavy (non-hydrogen) atoms. The molecule has 1 aliphatic rings. The highest BCUT2D eigenvalue weighted by Gasteiger charge is 2.30. The number of carbonyl (C=O) groups excluding carboxylic acids is 2. The Kier molecular flexibility index (Phi) is 5.53. The zero-order valence-electron chi connectivity index (χ0n) is 15.0. The second kappa shape index (κ2) is 8.01. The van der Waals surface area contributed by atoms with Crippen molar-refractivity contribution >= 4 is 17.5 Å². The molecule has 1 aliphatic heterocycles. The van der Waals surface area contributed by atoms with Gasteiger partial charge in [0.2, 0.25) is 5.91 Å². The number of nitrogens with zero attached hydrogens (tertiary/aromatic N) is 1. The summed E-state index contributed by atoms with van der Waals surface area (Å²) in [4.78, 5) is 26.1. The summed E-state index contributed by atoms with van der Waals surface area (Å²) in [5.74, 6) is 0.610. The van der Waals surface area contributed by atoms with Gasteiger partial charge in [-0.25, -0.2) is 0 Å². The Morgan fingerprint density at radius 2 is 1.88 bits per heavy atom. The first-order valence-electron chi connectivity index (χ1n) is 8.62. The van der Waals surface area contributed by atoms with Crippen LogP contribution in [0.15, 0.2) is 48.5 Å². The minimum Gasteiger partial charge on any atom is -0.496 e. The molecule has 0 aliphatic carbocycles. The van der Waals surface area contributed by atoms with Crippen LogP contribution < -0.4 is 15.4 Å². The first-order valence-corrected chi connectivity index (χ1v) is 8.62. The van der Waals surface area contributed by atoms with Crippen LogP contribution in [0.1, 0.15) is 28.9 Å². The Balaban J connectivity index is 1.85. The fourth-order valence-electron chi connectivity index (χ4n) is 3.23. The Hall–Kier alpha value is -2.86. The summed E-state index contributed by atoms with van der Waals surface area (Å²) in [7, 11) is 1.64. The zero-order valence-corrected chi connectivity index (χ0v) is 15.0. The van der Waals surface area contributed by atoms with Crippen molar-refractivity contribution in [2.45, 2.75) is 13.0 Å². The maximum atomic E-state index is 13.1. The molecule has 1 unspecified atom stereocenters. The summed E-state index contributed by atoms with van der Waals surface area (Å²) in [5.41, 5.74) is 2.27. The van der Waals surface area contributed by atoms with Crippen LogP contribution in [-0.4, -0.2) is 43.5 Å². The van der Waals surface area contributed by atoms with Crippen LogP contribution in [0.4, 0.5) is 5.69 Å². The molecule has 1 saturated heterocycles. The van der Waals surface area contributed by atoms with E-state index in [1.807, 2.05) is 29.2 Å². The van der Waals surface area contributed by atoms with Crippen LogP contribution in [-0.2, 0) is 4.79 Å². The van der Waals surface area contributed by atoms with Gasteiger partial charge in [-0.3, -0.25) is 9.59 Å². The summed E-state index contributed by atoms with van der Waals surface area (Å²) in [6.07, 6.45) is 0. The Morgan fingerprint density at radius 1 is 1.15 bits per heavy atom. The van der Waals surface area contributed by atoms with Crippen molar-refractivity contribution in [1.29, 1.82) is 0 Å². The van der Waals surface area contributed by atoms with E-state index in [2.05, 4.69) is 10.6 Å². The van der Waals surface area contributed by atoms with E-state index in [4.69, 9.17) is 4.74 Å². The third-order valence-electron chi connectivity index (χ3n) is 4.45. The van der Waals surface area contributed by atoms with Crippen LogP contribution in [0, 0.1) is 0 Å². The predicted molar refractivity (Wildman–Crippen MR) is 100 cm³/mol. The van der Waals surface area contributed by atoms with Gasteiger partial charge in [0, 0.05) is 43.4 Å². The molecular formula is C20H23N3O3. The van der Waals surface area contributed by atoms with E-state index in [1.165, 1.54) is 6.92 Å². The number of ether oxygens (including phenoxy) is 1. The number of benzene rings is 2. The van der Waals surface area contributed by atoms with E-state index >= 15 is 0 Å². The summed E-state index contributed by atoms with van der Waals surface area (Å²) < 4.78 is 5.48. The summed E-state index contributed by atoms with van der Waals surface area (Å²) in [6, 6.07) is 14.7. The molecule has 2 amide bonds. The average molecular weight is 353 g/mol. The lowest BCUT2D eigenvalue weighted by atomic mass is 10.0. The van der Waals surface area contributed by atoms with Crippen molar-refractivity contribution in [2.24, 2.45) is 0 Å². The third-order valence-corrected chi connectivity index (χ3v) is 4.45. The molecule has 1 atom stereocenters. The summed E-state index contributed by atoms with van der Waals surface area (Å²) in [5, 5.41) is 6.06. The van der Waals surface area contributed by atoms with Gasteiger partial charge in [-0.05, 0) is 30.3 Å². The van der Waals surface area contributed by atoms with Gasteiger partial charge in [0.1, 0.15) is 5.75 Å². The Morgan fingerprint density at radius 3 is 2.58 bits per heavy atom. The number of anilines is 1. The monoisotopic (exact) mass is 353 g/mol. The van der Waals surface area contributed by atoms with Crippen LogP contribution in [0.5, 0.6) is 5.75 Å². The van der Waals surface area contributed by atoms with Gasteiger partial charge in [-0.1, -0.05) is 18.2 Å². The lowest BCUT2D eigenvalue weighted by molar-refractivity contribution is -0.114. The number of piperazine rings is 1. The van der Waals surface area contributed by atoms with Crippen molar-refractivity contribution < 1.29 is 14.3 Å². The van der Waals surface area contributed by atoms with Gasteiger partial charge in [0.15, 0.2) is 0 Å². The highest BCUT2D eigenvalue weighted by Crippen LogP contribution is 2.31.